The van der Waals surface area contributed by atoms with Crippen molar-refractivity contribution in [1.82, 2.24) is 9.21 Å². The number of hydrogen-bond acceptors (Lipinski definition) is 6. The van der Waals surface area contributed by atoms with Crippen LogP contribution < -0.4 is 9.47 Å². The second-order valence-electron chi connectivity index (χ2n) is 7.68. The minimum atomic E-state index is -4.12. The maximum absolute atomic E-state index is 13.5. The molecule has 1 aliphatic heterocycles. The average molecular weight is 553 g/mol. The van der Waals surface area contributed by atoms with Crippen LogP contribution in [0.15, 0.2) is 71.5 Å². The first-order valence-electron chi connectivity index (χ1n) is 10.5. The van der Waals surface area contributed by atoms with E-state index in [4.69, 9.17) is 32.7 Å². The van der Waals surface area contributed by atoms with E-state index in [9.17, 15) is 13.2 Å². The molecule has 4 rings (SSSR count). The van der Waals surface area contributed by atoms with Crippen molar-refractivity contribution < 1.29 is 22.7 Å². The molecule has 2 heterocycles. The van der Waals surface area contributed by atoms with Gasteiger partial charge in [0.1, 0.15) is 4.90 Å². The maximum atomic E-state index is 13.5. The van der Waals surface area contributed by atoms with Crippen LogP contribution in [0.4, 0.5) is 0 Å². The summed E-state index contributed by atoms with van der Waals surface area (Å²) in [6.07, 6.45) is 1.42. The lowest BCUT2D eigenvalue weighted by Crippen LogP contribution is -2.42. The molecule has 3 aromatic rings. The zero-order valence-corrected chi connectivity index (χ0v) is 21.7. The van der Waals surface area contributed by atoms with Crippen LogP contribution in [0.1, 0.15) is 10.4 Å². The topological polar surface area (TPSA) is 76.2 Å². The normalized spacial score (nSPS) is 12.7. The van der Waals surface area contributed by atoms with Crippen LogP contribution >= 0.6 is 34.5 Å². The molecule has 1 amide bonds. The second-order valence-corrected chi connectivity index (χ2v) is 11.5. The number of sulfonamides is 1. The summed E-state index contributed by atoms with van der Waals surface area (Å²) >= 11 is 13.7. The molecular weight excluding hydrogens is 531 g/mol. The molecule has 11 heteroatoms. The van der Waals surface area contributed by atoms with Crippen molar-refractivity contribution >= 4 is 50.5 Å². The SMILES string of the molecule is C=CCN(CC(=O)N(Cc1ccc2c(c1)OCO2)Cc1cccs1)S(=O)(=O)c1cc(Cl)ccc1Cl. The second kappa shape index (κ2) is 11.0. The molecule has 0 atom stereocenters. The van der Waals surface area contributed by atoms with Gasteiger partial charge in [-0.2, -0.15) is 4.31 Å². The molecule has 0 aliphatic carbocycles. The Morgan fingerprint density at radius 3 is 2.63 bits per heavy atom. The number of fused-ring (bicyclic) bond motifs is 1. The Morgan fingerprint density at radius 1 is 1.09 bits per heavy atom. The summed E-state index contributed by atoms with van der Waals surface area (Å²) in [6, 6.07) is 13.5. The van der Waals surface area contributed by atoms with E-state index in [2.05, 4.69) is 6.58 Å². The number of amides is 1. The van der Waals surface area contributed by atoms with Gasteiger partial charge < -0.3 is 14.4 Å². The van der Waals surface area contributed by atoms with Crippen molar-refractivity contribution in [3.8, 4) is 11.5 Å². The lowest BCUT2D eigenvalue weighted by molar-refractivity contribution is -0.132. The van der Waals surface area contributed by atoms with Crippen LogP contribution in [0.25, 0.3) is 0 Å². The van der Waals surface area contributed by atoms with Crippen LogP contribution in [-0.2, 0) is 27.9 Å². The summed E-state index contributed by atoms with van der Waals surface area (Å²) in [4.78, 5) is 15.9. The first-order valence-corrected chi connectivity index (χ1v) is 13.6. The van der Waals surface area contributed by atoms with Crippen LogP contribution in [0.3, 0.4) is 0 Å². The third kappa shape index (κ3) is 5.99. The van der Waals surface area contributed by atoms with Gasteiger partial charge in [0, 0.05) is 23.0 Å². The minimum absolute atomic E-state index is 0.0201. The molecule has 184 valence electrons. The third-order valence-corrected chi connectivity index (χ3v) is 8.63. The van der Waals surface area contributed by atoms with Gasteiger partial charge in [-0.1, -0.05) is 41.4 Å². The lowest BCUT2D eigenvalue weighted by Gasteiger charge is -2.27. The molecule has 7 nitrogen and oxygen atoms in total. The Hall–Kier alpha value is -2.56. The van der Waals surface area contributed by atoms with E-state index in [1.165, 1.54) is 35.6 Å². The average Bonchev–Trinajstić information content (AvgIpc) is 3.51. The Bertz CT molecular complexity index is 1330. The smallest absolute Gasteiger partial charge is 0.245 e. The lowest BCUT2D eigenvalue weighted by atomic mass is 10.2. The standard InChI is InChI=1S/C24H22Cl2N2O5S2/c1-2-9-28(35(30,31)23-12-18(25)6-7-20(23)26)15-24(29)27(14-19-4-3-10-34-19)13-17-5-8-21-22(11-17)33-16-32-21/h2-8,10-12H,1,9,13-16H2. The highest BCUT2D eigenvalue weighted by atomic mass is 35.5. The molecule has 1 aromatic heterocycles. The van der Waals surface area contributed by atoms with Crippen molar-refractivity contribution in [2.75, 3.05) is 19.9 Å². The molecular formula is C24H22Cl2N2O5S2. The van der Waals surface area contributed by atoms with Gasteiger partial charge in [0.25, 0.3) is 0 Å². The molecule has 0 N–H and O–H groups in total. The number of halogens is 2. The molecule has 0 unspecified atom stereocenters. The van der Waals surface area contributed by atoms with Crippen LogP contribution in [0.5, 0.6) is 11.5 Å². The van der Waals surface area contributed by atoms with Gasteiger partial charge in [0.2, 0.25) is 22.7 Å². The zero-order chi connectivity index (χ0) is 25.0. The monoisotopic (exact) mass is 552 g/mol. The number of carbonyl (C=O) groups excluding carboxylic acids is 1. The Morgan fingerprint density at radius 2 is 1.89 bits per heavy atom. The maximum Gasteiger partial charge on any atom is 0.245 e. The third-order valence-electron chi connectivity index (χ3n) is 5.25. The number of nitrogens with zero attached hydrogens (tertiary/aromatic N) is 2. The molecule has 35 heavy (non-hydrogen) atoms. The number of carbonyl (C=O) groups is 1. The van der Waals surface area contributed by atoms with Crippen molar-refractivity contribution in [3.63, 3.8) is 0 Å². The van der Waals surface area contributed by atoms with E-state index >= 15 is 0 Å². The molecule has 0 radical (unpaired) electrons. The fraction of sp³-hybridized carbons (Fsp3) is 0.208. The fourth-order valence-electron chi connectivity index (χ4n) is 3.54. The summed E-state index contributed by atoms with van der Waals surface area (Å²) in [5, 5.41) is 2.17. The number of hydrogen-bond donors (Lipinski definition) is 0. The van der Waals surface area contributed by atoms with Crippen LogP contribution in [-0.4, -0.2) is 43.4 Å². The highest BCUT2D eigenvalue weighted by Gasteiger charge is 2.30. The first-order chi connectivity index (χ1) is 16.8. The zero-order valence-electron chi connectivity index (χ0n) is 18.5. The van der Waals surface area contributed by atoms with Gasteiger partial charge in [-0.05, 0) is 47.3 Å². The molecule has 0 fully saturated rings. The summed E-state index contributed by atoms with van der Waals surface area (Å²) < 4.78 is 38.6. The van der Waals surface area contributed by atoms with E-state index in [0.29, 0.717) is 18.0 Å². The highest BCUT2D eigenvalue weighted by molar-refractivity contribution is 7.89. The van der Waals surface area contributed by atoms with Gasteiger partial charge in [-0.15, -0.1) is 17.9 Å². The van der Waals surface area contributed by atoms with Gasteiger partial charge in [0.15, 0.2) is 11.5 Å². The highest BCUT2D eigenvalue weighted by Crippen LogP contribution is 2.33. The van der Waals surface area contributed by atoms with Gasteiger partial charge >= 0.3 is 0 Å². The number of benzene rings is 2. The summed E-state index contributed by atoms with van der Waals surface area (Å²) in [5.41, 5.74) is 0.829. The Kier molecular flexibility index (Phi) is 8.03. The van der Waals surface area contributed by atoms with Crippen molar-refractivity contribution in [2.45, 2.75) is 18.0 Å². The summed E-state index contributed by atoms with van der Waals surface area (Å²) in [6.45, 7) is 3.91. The Balaban J connectivity index is 1.60. The number of rotatable bonds is 10. The fourth-order valence-corrected chi connectivity index (χ4v) is 6.36. The first kappa shape index (κ1) is 25.5. The number of ether oxygens (including phenoxy) is 2. The molecule has 1 aliphatic rings. The minimum Gasteiger partial charge on any atom is -0.454 e. The van der Waals surface area contributed by atoms with E-state index < -0.39 is 16.6 Å². The quantitative estimate of drug-likeness (QED) is 0.323. The predicted octanol–water partition coefficient (Wildman–Crippen LogP) is 5.19. The van der Waals surface area contributed by atoms with E-state index in [-0.39, 0.29) is 40.7 Å². The van der Waals surface area contributed by atoms with Gasteiger partial charge in [-0.25, -0.2) is 8.42 Å². The largest absolute Gasteiger partial charge is 0.454 e. The summed E-state index contributed by atoms with van der Waals surface area (Å²) in [5.74, 6) is 0.878. The van der Waals surface area contributed by atoms with Gasteiger partial charge in [-0.3, -0.25) is 4.79 Å². The summed E-state index contributed by atoms with van der Waals surface area (Å²) in [7, 11) is -4.12. The van der Waals surface area contributed by atoms with E-state index in [0.717, 1.165) is 14.7 Å². The molecule has 0 saturated carbocycles. The van der Waals surface area contributed by atoms with E-state index in [1.54, 1.807) is 11.0 Å². The molecule has 0 spiro atoms. The van der Waals surface area contributed by atoms with Crippen molar-refractivity contribution in [1.29, 1.82) is 0 Å². The van der Waals surface area contributed by atoms with Crippen LogP contribution in [0.2, 0.25) is 10.0 Å². The van der Waals surface area contributed by atoms with E-state index in [1.807, 2.05) is 29.6 Å². The Labute approximate surface area is 218 Å². The van der Waals surface area contributed by atoms with Crippen molar-refractivity contribution in [2.24, 2.45) is 0 Å². The predicted molar refractivity (Wildman–Crippen MR) is 137 cm³/mol. The van der Waals surface area contributed by atoms with Crippen LogP contribution in [0, 0.1) is 0 Å². The molecule has 0 saturated heterocycles. The number of thiophene rings is 1. The molecule has 2 aromatic carbocycles. The molecule has 0 bridgehead atoms. The van der Waals surface area contributed by atoms with Gasteiger partial charge in [0.05, 0.1) is 18.1 Å². The van der Waals surface area contributed by atoms with Crippen molar-refractivity contribution in [3.05, 3.63) is 87.1 Å².